The topological polar surface area (TPSA) is 76.7 Å². The van der Waals surface area contributed by atoms with Crippen LogP contribution in [0, 0.1) is 11.7 Å². The van der Waals surface area contributed by atoms with Crippen molar-refractivity contribution < 1.29 is 23.5 Å². The molecular formula is C27H27FN2O4. The van der Waals surface area contributed by atoms with Crippen LogP contribution in [0.15, 0.2) is 71.9 Å². The van der Waals surface area contributed by atoms with Gasteiger partial charge in [0, 0.05) is 11.3 Å². The number of nitrogens with one attached hydrogen (secondary N) is 2. The Labute approximate surface area is 197 Å². The quantitative estimate of drug-likeness (QED) is 0.462. The summed E-state index contributed by atoms with van der Waals surface area (Å²) < 4.78 is 25.0. The SMILES string of the molecule is CC1=C(C(=O)OCC(C)C)C(c2c(OCc3ccc(F)cc3)ccc3ccccc23)NC(=O)N1. The third kappa shape index (κ3) is 5.03. The van der Waals surface area contributed by atoms with Gasteiger partial charge in [0.05, 0.1) is 18.2 Å². The Morgan fingerprint density at radius 1 is 1.06 bits per heavy atom. The summed E-state index contributed by atoms with van der Waals surface area (Å²) in [5.74, 6) is -0.141. The molecule has 1 aliphatic rings. The number of urea groups is 1. The molecule has 1 unspecified atom stereocenters. The highest BCUT2D eigenvalue weighted by atomic mass is 19.1. The van der Waals surface area contributed by atoms with Crippen molar-refractivity contribution >= 4 is 22.8 Å². The summed E-state index contributed by atoms with van der Waals surface area (Å²) in [6, 6.07) is 16.3. The molecule has 34 heavy (non-hydrogen) atoms. The Bertz CT molecular complexity index is 1250. The molecule has 0 spiro atoms. The van der Waals surface area contributed by atoms with Crippen LogP contribution >= 0.6 is 0 Å². The second kappa shape index (κ2) is 9.95. The van der Waals surface area contributed by atoms with Crippen LogP contribution in [-0.4, -0.2) is 18.6 Å². The maximum Gasteiger partial charge on any atom is 0.338 e. The summed E-state index contributed by atoms with van der Waals surface area (Å²) in [4.78, 5) is 25.6. The maximum absolute atomic E-state index is 13.3. The number of fused-ring (bicyclic) bond motifs is 1. The second-order valence-corrected chi connectivity index (χ2v) is 8.68. The largest absolute Gasteiger partial charge is 0.489 e. The molecule has 0 bridgehead atoms. The van der Waals surface area contributed by atoms with Gasteiger partial charge in [-0.1, -0.05) is 56.3 Å². The Hall–Kier alpha value is -3.87. The highest BCUT2D eigenvalue weighted by molar-refractivity contribution is 5.98. The zero-order valence-electron chi connectivity index (χ0n) is 19.4. The number of allylic oxidation sites excluding steroid dienone is 1. The smallest absolute Gasteiger partial charge is 0.338 e. The molecule has 4 rings (SSSR count). The molecule has 1 heterocycles. The highest BCUT2D eigenvalue weighted by Crippen LogP contribution is 2.39. The average Bonchev–Trinajstić information content (AvgIpc) is 2.81. The van der Waals surface area contributed by atoms with Gasteiger partial charge in [-0.25, -0.2) is 14.0 Å². The van der Waals surface area contributed by atoms with Gasteiger partial charge in [-0.2, -0.15) is 0 Å². The predicted molar refractivity (Wildman–Crippen MR) is 128 cm³/mol. The number of carbonyl (C=O) groups excluding carboxylic acids is 2. The van der Waals surface area contributed by atoms with Crippen molar-refractivity contribution in [1.82, 2.24) is 10.6 Å². The number of halogens is 1. The molecule has 1 atom stereocenters. The lowest BCUT2D eigenvalue weighted by Gasteiger charge is -2.30. The minimum Gasteiger partial charge on any atom is -0.489 e. The minimum absolute atomic E-state index is 0.168. The number of benzene rings is 3. The fourth-order valence-electron chi connectivity index (χ4n) is 3.94. The summed E-state index contributed by atoms with van der Waals surface area (Å²) >= 11 is 0. The van der Waals surface area contributed by atoms with E-state index in [1.165, 1.54) is 12.1 Å². The molecule has 176 valence electrons. The van der Waals surface area contributed by atoms with Gasteiger partial charge >= 0.3 is 12.0 Å². The van der Waals surface area contributed by atoms with Crippen LogP contribution < -0.4 is 15.4 Å². The lowest BCUT2D eigenvalue weighted by Crippen LogP contribution is -2.45. The summed E-state index contributed by atoms with van der Waals surface area (Å²) in [5, 5.41) is 7.34. The molecule has 2 amide bonds. The number of ether oxygens (including phenoxy) is 2. The third-order valence-electron chi connectivity index (χ3n) is 5.56. The fourth-order valence-corrected chi connectivity index (χ4v) is 3.94. The van der Waals surface area contributed by atoms with Gasteiger partial charge in [-0.3, -0.25) is 0 Å². The highest BCUT2D eigenvalue weighted by Gasteiger charge is 2.35. The van der Waals surface area contributed by atoms with Crippen LogP contribution in [0.2, 0.25) is 0 Å². The van der Waals surface area contributed by atoms with E-state index in [0.29, 0.717) is 22.6 Å². The molecule has 0 aromatic heterocycles. The van der Waals surface area contributed by atoms with Gasteiger partial charge in [-0.05, 0) is 47.4 Å². The zero-order valence-corrected chi connectivity index (χ0v) is 19.4. The first-order chi connectivity index (χ1) is 16.3. The van der Waals surface area contributed by atoms with Gasteiger partial charge in [0.15, 0.2) is 0 Å². The Morgan fingerprint density at radius 2 is 1.79 bits per heavy atom. The standard InChI is InChI=1S/C27H27FN2O4/c1-16(2)14-34-26(31)23-17(3)29-27(32)30-25(23)24-21-7-5-4-6-19(21)10-13-22(24)33-15-18-8-11-20(28)12-9-18/h4-13,16,25H,14-15H2,1-3H3,(H2,29,30,32). The molecule has 0 saturated carbocycles. The number of hydrogen-bond acceptors (Lipinski definition) is 4. The summed E-state index contributed by atoms with van der Waals surface area (Å²) in [6.07, 6.45) is 0. The first-order valence-corrected chi connectivity index (χ1v) is 11.2. The van der Waals surface area contributed by atoms with E-state index in [2.05, 4.69) is 10.6 Å². The molecule has 7 heteroatoms. The van der Waals surface area contributed by atoms with Gasteiger partial charge in [0.1, 0.15) is 18.2 Å². The number of rotatable bonds is 7. The summed E-state index contributed by atoms with van der Waals surface area (Å²) in [5.41, 5.74) is 2.20. The van der Waals surface area contributed by atoms with E-state index in [4.69, 9.17) is 9.47 Å². The van der Waals surface area contributed by atoms with Crippen molar-refractivity contribution in [3.05, 3.63) is 88.9 Å². The number of amides is 2. The monoisotopic (exact) mass is 462 g/mol. The molecule has 2 N–H and O–H groups in total. The van der Waals surface area contributed by atoms with Gasteiger partial charge < -0.3 is 20.1 Å². The lowest BCUT2D eigenvalue weighted by atomic mass is 9.90. The molecule has 3 aromatic carbocycles. The molecule has 0 fully saturated rings. The predicted octanol–water partition coefficient (Wildman–Crippen LogP) is 5.39. The van der Waals surface area contributed by atoms with Crippen LogP contribution in [0.1, 0.15) is 37.9 Å². The molecule has 0 aliphatic carbocycles. The Kier molecular flexibility index (Phi) is 6.82. The third-order valence-corrected chi connectivity index (χ3v) is 5.56. The van der Waals surface area contributed by atoms with Crippen molar-refractivity contribution in [2.75, 3.05) is 6.61 Å². The van der Waals surface area contributed by atoms with E-state index < -0.39 is 18.0 Å². The van der Waals surface area contributed by atoms with Crippen molar-refractivity contribution in [3.8, 4) is 5.75 Å². The van der Waals surface area contributed by atoms with Crippen molar-refractivity contribution in [2.45, 2.75) is 33.4 Å². The van der Waals surface area contributed by atoms with Crippen LogP contribution in [0.25, 0.3) is 10.8 Å². The first kappa shape index (κ1) is 23.3. The van der Waals surface area contributed by atoms with E-state index in [9.17, 15) is 14.0 Å². The molecule has 6 nitrogen and oxygen atoms in total. The number of esters is 1. The number of hydrogen-bond donors (Lipinski definition) is 2. The molecule has 0 radical (unpaired) electrons. The van der Waals surface area contributed by atoms with Gasteiger partial charge in [-0.15, -0.1) is 0 Å². The molecule has 1 aliphatic heterocycles. The first-order valence-electron chi connectivity index (χ1n) is 11.2. The van der Waals surface area contributed by atoms with Crippen LogP contribution in [0.3, 0.4) is 0 Å². The normalized spacial score (nSPS) is 15.8. The number of carbonyl (C=O) groups is 2. The fraction of sp³-hybridized carbons (Fsp3) is 0.259. The van der Waals surface area contributed by atoms with Crippen molar-refractivity contribution in [1.29, 1.82) is 0 Å². The lowest BCUT2D eigenvalue weighted by molar-refractivity contribution is -0.140. The summed E-state index contributed by atoms with van der Waals surface area (Å²) in [6.45, 7) is 6.06. The Morgan fingerprint density at radius 3 is 2.53 bits per heavy atom. The Balaban J connectivity index is 1.78. The molecule has 0 saturated heterocycles. The van der Waals surface area contributed by atoms with E-state index in [-0.39, 0.29) is 24.9 Å². The van der Waals surface area contributed by atoms with Crippen LogP contribution in [0.5, 0.6) is 5.75 Å². The van der Waals surface area contributed by atoms with Gasteiger partial charge in [0.2, 0.25) is 0 Å². The second-order valence-electron chi connectivity index (χ2n) is 8.68. The maximum atomic E-state index is 13.3. The van der Waals surface area contributed by atoms with Crippen LogP contribution in [0.4, 0.5) is 9.18 Å². The summed E-state index contributed by atoms with van der Waals surface area (Å²) in [7, 11) is 0. The van der Waals surface area contributed by atoms with E-state index in [1.54, 1.807) is 19.1 Å². The molecular weight excluding hydrogens is 435 g/mol. The van der Waals surface area contributed by atoms with Crippen molar-refractivity contribution in [2.24, 2.45) is 5.92 Å². The van der Waals surface area contributed by atoms with E-state index in [1.807, 2.05) is 50.2 Å². The van der Waals surface area contributed by atoms with Gasteiger partial charge in [0.25, 0.3) is 0 Å². The van der Waals surface area contributed by atoms with E-state index >= 15 is 0 Å². The minimum atomic E-state index is -0.775. The van der Waals surface area contributed by atoms with E-state index in [0.717, 1.165) is 16.3 Å². The molecule has 3 aromatic rings. The van der Waals surface area contributed by atoms with Crippen LogP contribution in [-0.2, 0) is 16.1 Å². The zero-order chi connectivity index (χ0) is 24.2. The average molecular weight is 463 g/mol. The van der Waals surface area contributed by atoms with Crippen molar-refractivity contribution in [3.63, 3.8) is 0 Å².